The van der Waals surface area contributed by atoms with E-state index in [9.17, 15) is 4.79 Å². The van der Waals surface area contributed by atoms with Crippen LogP contribution in [0.3, 0.4) is 0 Å². The van der Waals surface area contributed by atoms with Crippen LogP contribution < -0.4 is 14.2 Å². The van der Waals surface area contributed by atoms with Crippen LogP contribution in [0.1, 0.15) is 38.7 Å². The van der Waals surface area contributed by atoms with E-state index in [4.69, 9.17) is 25.8 Å². The number of aryl methyl sites for hydroxylation is 1. The van der Waals surface area contributed by atoms with Gasteiger partial charge in [-0.25, -0.2) is 0 Å². The molecule has 0 heterocycles. The number of ether oxygens (including phenoxy) is 3. The number of unbranched alkanes of at least 4 members (excludes halogenated alkanes) is 1. The molecule has 0 unspecified atom stereocenters. The molecule has 0 aliphatic rings. The minimum Gasteiger partial charge on any atom is -0.490 e. The van der Waals surface area contributed by atoms with Crippen molar-refractivity contribution in [2.24, 2.45) is 0 Å². The average Bonchev–Trinajstić information content (AvgIpc) is 2.64. The number of esters is 1. The van der Waals surface area contributed by atoms with Crippen molar-refractivity contribution >= 4 is 17.6 Å². The molecule has 0 N–H and O–H groups in total. The monoisotopic (exact) mass is 376 g/mol. The van der Waals surface area contributed by atoms with Crippen LogP contribution in [-0.4, -0.2) is 19.2 Å². The lowest BCUT2D eigenvalue weighted by atomic mass is 10.1. The molecule has 26 heavy (non-hydrogen) atoms. The summed E-state index contributed by atoms with van der Waals surface area (Å²) in [6.07, 6.45) is 2.89. The molecule has 140 valence electrons. The molecule has 0 saturated heterocycles. The minimum atomic E-state index is -0.320. The van der Waals surface area contributed by atoms with Gasteiger partial charge in [0.05, 0.1) is 18.2 Å². The van der Waals surface area contributed by atoms with Crippen LogP contribution in [0.25, 0.3) is 0 Å². The molecule has 0 amide bonds. The van der Waals surface area contributed by atoms with Crippen LogP contribution in [0.4, 0.5) is 0 Å². The van der Waals surface area contributed by atoms with Crippen molar-refractivity contribution in [1.82, 2.24) is 0 Å². The zero-order valence-electron chi connectivity index (χ0n) is 15.3. The molecule has 0 atom stereocenters. The van der Waals surface area contributed by atoms with Gasteiger partial charge in [-0.15, -0.1) is 0 Å². The van der Waals surface area contributed by atoms with Gasteiger partial charge in [-0.05, 0) is 49.6 Å². The first kappa shape index (κ1) is 20.1. The van der Waals surface area contributed by atoms with Gasteiger partial charge in [-0.3, -0.25) is 4.79 Å². The summed E-state index contributed by atoms with van der Waals surface area (Å²) in [4.78, 5) is 12.1. The second kappa shape index (κ2) is 10.7. The highest BCUT2D eigenvalue weighted by atomic mass is 35.5. The molecule has 0 fully saturated rings. The van der Waals surface area contributed by atoms with E-state index < -0.39 is 0 Å². The molecule has 0 bridgehead atoms. The number of halogens is 1. The molecule has 2 aromatic rings. The highest BCUT2D eigenvalue weighted by molar-refractivity contribution is 6.32. The third kappa shape index (κ3) is 6.26. The largest absolute Gasteiger partial charge is 0.490 e. The van der Waals surface area contributed by atoms with Crippen LogP contribution in [0, 0.1) is 0 Å². The molecule has 0 aromatic heterocycles. The SMILES string of the molecule is CCCCOc1ccc(CCC(=O)Oc2ccccc2Cl)cc1OCC. The van der Waals surface area contributed by atoms with Gasteiger partial charge in [-0.1, -0.05) is 43.1 Å². The van der Waals surface area contributed by atoms with Gasteiger partial charge in [0.2, 0.25) is 0 Å². The van der Waals surface area contributed by atoms with E-state index in [0.717, 1.165) is 24.2 Å². The fourth-order valence-electron chi connectivity index (χ4n) is 2.37. The number of benzene rings is 2. The summed E-state index contributed by atoms with van der Waals surface area (Å²) >= 11 is 6.00. The van der Waals surface area contributed by atoms with Crippen LogP contribution in [0.5, 0.6) is 17.2 Å². The average molecular weight is 377 g/mol. The van der Waals surface area contributed by atoms with E-state index in [-0.39, 0.29) is 12.4 Å². The fourth-order valence-corrected chi connectivity index (χ4v) is 2.54. The van der Waals surface area contributed by atoms with Crippen LogP contribution in [-0.2, 0) is 11.2 Å². The van der Waals surface area contributed by atoms with Crippen molar-refractivity contribution in [3.05, 3.63) is 53.1 Å². The van der Waals surface area contributed by atoms with Gasteiger partial charge < -0.3 is 14.2 Å². The number of hydrogen-bond donors (Lipinski definition) is 0. The van der Waals surface area contributed by atoms with Gasteiger partial charge >= 0.3 is 5.97 Å². The van der Waals surface area contributed by atoms with E-state index in [1.807, 2.05) is 25.1 Å². The van der Waals surface area contributed by atoms with Gasteiger partial charge in [-0.2, -0.15) is 0 Å². The Morgan fingerprint density at radius 1 is 1.00 bits per heavy atom. The smallest absolute Gasteiger partial charge is 0.311 e. The highest BCUT2D eigenvalue weighted by Crippen LogP contribution is 2.29. The molecule has 2 aromatic carbocycles. The third-order valence-corrected chi connectivity index (χ3v) is 4.05. The van der Waals surface area contributed by atoms with Crippen molar-refractivity contribution < 1.29 is 19.0 Å². The third-order valence-electron chi connectivity index (χ3n) is 3.74. The normalized spacial score (nSPS) is 10.4. The summed E-state index contributed by atoms with van der Waals surface area (Å²) in [6.45, 7) is 5.28. The van der Waals surface area contributed by atoms with E-state index in [2.05, 4.69) is 6.92 Å². The van der Waals surface area contributed by atoms with E-state index in [1.54, 1.807) is 24.3 Å². The van der Waals surface area contributed by atoms with Crippen molar-refractivity contribution in [2.45, 2.75) is 39.5 Å². The summed E-state index contributed by atoms with van der Waals surface area (Å²) in [5, 5.41) is 0.424. The summed E-state index contributed by atoms with van der Waals surface area (Å²) in [6, 6.07) is 12.7. The molecule has 0 spiro atoms. The molecule has 5 heteroatoms. The van der Waals surface area contributed by atoms with E-state index in [0.29, 0.717) is 36.2 Å². The minimum absolute atomic E-state index is 0.257. The summed E-state index contributed by atoms with van der Waals surface area (Å²) in [7, 11) is 0. The van der Waals surface area contributed by atoms with Gasteiger partial charge in [0, 0.05) is 6.42 Å². The molecule has 0 radical (unpaired) electrons. The molecule has 2 rings (SSSR count). The van der Waals surface area contributed by atoms with Crippen molar-refractivity contribution in [2.75, 3.05) is 13.2 Å². The molecular formula is C21H25ClO4. The number of carbonyl (C=O) groups excluding carboxylic acids is 1. The van der Waals surface area contributed by atoms with E-state index >= 15 is 0 Å². The van der Waals surface area contributed by atoms with Crippen molar-refractivity contribution in [3.8, 4) is 17.2 Å². The Hall–Kier alpha value is -2.20. The summed E-state index contributed by atoms with van der Waals surface area (Å²) in [5.74, 6) is 1.51. The Labute approximate surface area is 160 Å². The molecule has 0 aliphatic heterocycles. The maximum atomic E-state index is 12.1. The topological polar surface area (TPSA) is 44.8 Å². The maximum Gasteiger partial charge on any atom is 0.311 e. The highest BCUT2D eigenvalue weighted by Gasteiger charge is 2.11. The first-order chi connectivity index (χ1) is 12.6. The number of para-hydroxylation sites is 1. The molecular weight excluding hydrogens is 352 g/mol. The van der Waals surface area contributed by atoms with Crippen LogP contribution >= 0.6 is 11.6 Å². The molecule has 0 aliphatic carbocycles. The predicted octanol–water partition coefficient (Wildman–Crippen LogP) is 5.46. The van der Waals surface area contributed by atoms with Crippen molar-refractivity contribution in [3.63, 3.8) is 0 Å². The predicted molar refractivity (Wildman–Crippen MR) is 103 cm³/mol. The first-order valence-electron chi connectivity index (χ1n) is 8.97. The second-order valence-electron chi connectivity index (χ2n) is 5.82. The number of carbonyl (C=O) groups is 1. The van der Waals surface area contributed by atoms with Gasteiger partial charge in [0.15, 0.2) is 11.5 Å². The zero-order valence-corrected chi connectivity index (χ0v) is 16.1. The Kier molecular flexibility index (Phi) is 8.29. The number of hydrogen-bond acceptors (Lipinski definition) is 4. The van der Waals surface area contributed by atoms with Crippen molar-refractivity contribution in [1.29, 1.82) is 0 Å². The first-order valence-corrected chi connectivity index (χ1v) is 9.35. The van der Waals surface area contributed by atoms with Crippen LogP contribution in [0.2, 0.25) is 5.02 Å². The van der Waals surface area contributed by atoms with Crippen LogP contribution in [0.15, 0.2) is 42.5 Å². The number of rotatable bonds is 10. The Morgan fingerprint density at radius 2 is 1.81 bits per heavy atom. The maximum absolute atomic E-state index is 12.1. The molecule has 4 nitrogen and oxygen atoms in total. The van der Waals surface area contributed by atoms with Gasteiger partial charge in [0.25, 0.3) is 0 Å². The Morgan fingerprint density at radius 3 is 2.54 bits per heavy atom. The Balaban J connectivity index is 1.94. The molecule has 0 saturated carbocycles. The quantitative estimate of drug-likeness (QED) is 0.314. The second-order valence-corrected chi connectivity index (χ2v) is 6.23. The standard InChI is InChI=1S/C21H25ClO4/c1-3-5-14-25-19-12-10-16(15-20(19)24-4-2)11-13-21(23)26-18-9-7-6-8-17(18)22/h6-10,12,15H,3-5,11,13-14H2,1-2H3. The lowest BCUT2D eigenvalue weighted by Gasteiger charge is -2.13. The lowest BCUT2D eigenvalue weighted by molar-refractivity contribution is -0.134. The fraction of sp³-hybridized carbons (Fsp3) is 0.381. The summed E-state index contributed by atoms with van der Waals surface area (Å²) < 4.78 is 16.7. The van der Waals surface area contributed by atoms with Gasteiger partial charge in [0.1, 0.15) is 5.75 Å². The summed E-state index contributed by atoms with van der Waals surface area (Å²) in [5.41, 5.74) is 0.993. The van der Waals surface area contributed by atoms with E-state index in [1.165, 1.54) is 0 Å². The lowest BCUT2D eigenvalue weighted by Crippen LogP contribution is -2.09. The Bertz CT molecular complexity index is 715. The zero-order chi connectivity index (χ0) is 18.8.